The third-order valence-electron chi connectivity index (χ3n) is 6.17. The van der Waals surface area contributed by atoms with E-state index in [2.05, 4.69) is 22.0 Å². The molecule has 1 N–H and O–H groups in total. The summed E-state index contributed by atoms with van der Waals surface area (Å²) >= 11 is 0. The lowest BCUT2D eigenvalue weighted by Gasteiger charge is -2.34. The van der Waals surface area contributed by atoms with Crippen molar-refractivity contribution in [2.24, 2.45) is 0 Å². The molecule has 0 atom stereocenters. The van der Waals surface area contributed by atoms with Crippen molar-refractivity contribution in [3.05, 3.63) is 65.4 Å². The van der Waals surface area contributed by atoms with E-state index in [0.717, 1.165) is 72.8 Å². The number of aryl methyl sites for hydroxylation is 1. The van der Waals surface area contributed by atoms with Crippen LogP contribution in [0.4, 0.5) is 0 Å². The zero-order chi connectivity index (χ0) is 22.5. The second kappa shape index (κ2) is 9.92. The number of nitrogens with one attached hydrogen (secondary N) is 1. The van der Waals surface area contributed by atoms with Gasteiger partial charge in [0.1, 0.15) is 11.5 Å². The van der Waals surface area contributed by atoms with Crippen LogP contribution < -0.4 is 9.47 Å². The Hall–Kier alpha value is -3.25. The molecule has 2 aromatic carbocycles. The Labute approximate surface area is 189 Å². The minimum Gasteiger partial charge on any atom is -0.497 e. The largest absolute Gasteiger partial charge is 0.497 e. The van der Waals surface area contributed by atoms with E-state index >= 15 is 0 Å². The number of amides is 1. The number of piperazine rings is 1. The molecular weight excluding hydrogens is 402 g/mol. The highest BCUT2D eigenvalue weighted by Crippen LogP contribution is 2.27. The molecule has 1 amide bonds. The summed E-state index contributed by atoms with van der Waals surface area (Å²) in [4.78, 5) is 20.5. The molecule has 1 saturated heterocycles. The van der Waals surface area contributed by atoms with Crippen molar-refractivity contribution in [3.8, 4) is 11.5 Å². The smallest absolute Gasteiger partial charge is 0.246 e. The molecule has 3 aromatic rings. The Morgan fingerprint density at radius 3 is 2.53 bits per heavy atom. The zero-order valence-corrected chi connectivity index (χ0v) is 19.1. The molecule has 0 spiro atoms. The highest BCUT2D eigenvalue weighted by molar-refractivity contribution is 5.97. The molecule has 2 heterocycles. The number of benzene rings is 2. The van der Waals surface area contributed by atoms with Gasteiger partial charge in [-0.15, -0.1) is 0 Å². The first-order valence-corrected chi connectivity index (χ1v) is 11.1. The van der Waals surface area contributed by atoms with Crippen LogP contribution in [-0.2, 0) is 11.2 Å². The standard InChI is InChI=1S/C26H31N3O3/c1-19-23(24-18-22(32-3)7-9-25(24)27-19)8-10-26(30)29-15-13-28(14-16-29)12-11-20-5-4-6-21(17-20)31-2/h4-10,17-18,27H,11-16H2,1-3H3/b10-8+. The predicted molar refractivity (Wildman–Crippen MR) is 128 cm³/mol. The maximum absolute atomic E-state index is 12.8. The van der Waals surface area contributed by atoms with Gasteiger partial charge in [-0.2, -0.15) is 0 Å². The number of methoxy groups -OCH3 is 2. The van der Waals surface area contributed by atoms with Gasteiger partial charge in [0.05, 0.1) is 14.2 Å². The number of aromatic nitrogens is 1. The fourth-order valence-corrected chi connectivity index (χ4v) is 4.24. The van der Waals surface area contributed by atoms with Gasteiger partial charge in [-0.05, 0) is 55.3 Å². The van der Waals surface area contributed by atoms with E-state index in [4.69, 9.17) is 9.47 Å². The van der Waals surface area contributed by atoms with Crippen LogP contribution in [0.2, 0.25) is 0 Å². The zero-order valence-electron chi connectivity index (χ0n) is 19.1. The SMILES string of the molecule is COc1cccc(CCN2CCN(C(=O)/C=C/c3c(C)[nH]c4ccc(OC)cc34)CC2)c1. The molecule has 0 unspecified atom stereocenters. The van der Waals surface area contributed by atoms with E-state index in [0.29, 0.717) is 0 Å². The molecule has 168 valence electrons. The van der Waals surface area contributed by atoms with Crippen molar-refractivity contribution in [2.45, 2.75) is 13.3 Å². The monoisotopic (exact) mass is 433 g/mol. The summed E-state index contributed by atoms with van der Waals surface area (Å²) in [5, 5.41) is 1.06. The van der Waals surface area contributed by atoms with Crippen molar-refractivity contribution in [3.63, 3.8) is 0 Å². The summed E-state index contributed by atoms with van der Waals surface area (Å²) in [5.74, 6) is 1.77. The minimum absolute atomic E-state index is 0.0640. The van der Waals surface area contributed by atoms with Crippen molar-refractivity contribution in [1.82, 2.24) is 14.8 Å². The lowest BCUT2D eigenvalue weighted by molar-refractivity contribution is -0.127. The van der Waals surface area contributed by atoms with Crippen LogP contribution in [0.25, 0.3) is 17.0 Å². The van der Waals surface area contributed by atoms with Gasteiger partial charge in [-0.3, -0.25) is 9.69 Å². The number of hydrogen-bond donors (Lipinski definition) is 1. The third kappa shape index (κ3) is 4.97. The molecule has 1 aliphatic rings. The first kappa shape index (κ1) is 22.0. The van der Waals surface area contributed by atoms with Crippen LogP contribution in [0.15, 0.2) is 48.5 Å². The Morgan fingerprint density at radius 1 is 1.03 bits per heavy atom. The second-order valence-electron chi connectivity index (χ2n) is 8.18. The van der Waals surface area contributed by atoms with Crippen LogP contribution in [0.5, 0.6) is 11.5 Å². The number of fused-ring (bicyclic) bond motifs is 1. The first-order chi connectivity index (χ1) is 15.6. The third-order valence-corrected chi connectivity index (χ3v) is 6.17. The van der Waals surface area contributed by atoms with E-state index in [-0.39, 0.29) is 5.91 Å². The molecule has 4 rings (SSSR count). The number of carbonyl (C=O) groups is 1. The summed E-state index contributed by atoms with van der Waals surface area (Å²) < 4.78 is 10.7. The van der Waals surface area contributed by atoms with Crippen molar-refractivity contribution in [1.29, 1.82) is 0 Å². The lowest BCUT2D eigenvalue weighted by Crippen LogP contribution is -2.48. The normalized spacial score (nSPS) is 14.9. The summed E-state index contributed by atoms with van der Waals surface area (Å²) in [6.45, 7) is 6.31. The van der Waals surface area contributed by atoms with Crippen molar-refractivity contribution < 1.29 is 14.3 Å². The average Bonchev–Trinajstić information content (AvgIpc) is 3.15. The minimum atomic E-state index is 0.0640. The van der Waals surface area contributed by atoms with Gasteiger partial charge >= 0.3 is 0 Å². The molecule has 32 heavy (non-hydrogen) atoms. The van der Waals surface area contributed by atoms with Crippen LogP contribution in [0.3, 0.4) is 0 Å². The van der Waals surface area contributed by atoms with E-state index in [1.54, 1.807) is 20.3 Å². The lowest BCUT2D eigenvalue weighted by atomic mass is 10.1. The molecule has 1 aliphatic heterocycles. The summed E-state index contributed by atoms with van der Waals surface area (Å²) in [5.41, 5.74) is 4.39. The predicted octanol–water partition coefficient (Wildman–Crippen LogP) is 3.89. The van der Waals surface area contributed by atoms with Crippen molar-refractivity contribution in [2.75, 3.05) is 46.9 Å². The van der Waals surface area contributed by atoms with Gasteiger partial charge < -0.3 is 19.4 Å². The maximum atomic E-state index is 12.8. The van der Waals surface area contributed by atoms with E-state index in [9.17, 15) is 4.79 Å². The topological polar surface area (TPSA) is 57.8 Å². The number of H-pyrrole nitrogens is 1. The molecule has 0 radical (unpaired) electrons. The fraction of sp³-hybridized carbons (Fsp3) is 0.346. The number of carbonyl (C=O) groups excluding carboxylic acids is 1. The van der Waals surface area contributed by atoms with Crippen LogP contribution >= 0.6 is 0 Å². The Morgan fingerprint density at radius 2 is 1.78 bits per heavy atom. The number of ether oxygens (including phenoxy) is 2. The number of nitrogens with zero attached hydrogens (tertiary/aromatic N) is 2. The van der Waals surface area contributed by atoms with Gasteiger partial charge in [-0.1, -0.05) is 12.1 Å². The molecule has 1 fully saturated rings. The molecule has 6 nitrogen and oxygen atoms in total. The first-order valence-electron chi connectivity index (χ1n) is 11.1. The van der Waals surface area contributed by atoms with Gasteiger partial charge in [0.25, 0.3) is 0 Å². The Bertz CT molecular complexity index is 1110. The second-order valence-corrected chi connectivity index (χ2v) is 8.18. The molecule has 0 aliphatic carbocycles. The average molecular weight is 434 g/mol. The van der Waals surface area contributed by atoms with E-state index < -0.39 is 0 Å². The van der Waals surface area contributed by atoms with Crippen LogP contribution in [0.1, 0.15) is 16.8 Å². The van der Waals surface area contributed by atoms with Crippen LogP contribution in [-0.4, -0.2) is 67.6 Å². The van der Waals surface area contributed by atoms with Gasteiger partial charge in [-0.25, -0.2) is 0 Å². The molecule has 1 aromatic heterocycles. The number of hydrogen-bond acceptors (Lipinski definition) is 4. The number of aromatic amines is 1. The number of rotatable bonds is 7. The quantitative estimate of drug-likeness (QED) is 0.575. The molecular formula is C26H31N3O3. The fourth-order valence-electron chi connectivity index (χ4n) is 4.24. The molecule has 6 heteroatoms. The summed E-state index contributed by atoms with van der Waals surface area (Å²) in [6.07, 6.45) is 4.60. The Kier molecular flexibility index (Phi) is 6.81. The molecule has 0 saturated carbocycles. The summed E-state index contributed by atoms with van der Waals surface area (Å²) in [7, 11) is 3.36. The maximum Gasteiger partial charge on any atom is 0.246 e. The van der Waals surface area contributed by atoms with Gasteiger partial charge in [0.15, 0.2) is 0 Å². The highest BCUT2D eigenvalue weighted by Gasteiger charge is 2.19. The Balaban J connectivity index is 1.32. The van der Waals surface area contributed by atoms with Crippen LogP contribution in [0, 0.1) is 6.92 Å². The highest BCUT2D eigenvalue weighted by atomic mass is 16.5. The van der Waals surface area contributed by atoms with Crippen molar-refractivity contribution >= 4 is 22.9 Å². The van der Waals surface area contributed by atoms with Gasteiger partial charge in [0, 0.05) is 61.0 Å². The summed E-state index contributed by atoms with van der Waals surface area (Å²) in [6, 6.07) is 14.2. The van der Waals surface area contributed by atoms with Gasteiger partial charge in [0.2, 0.25) is 5.91 Å². The molecule has 0 bridgehead atoms. The van der Waals surface area contributed by atoms with E-state index in [1.807, 2.05) is 48.2 Å². The van der Waals surface area contributed by atoms with E-state index in [1.165, 1.54) is 5.56 Å².